The monoisotopic (exact) mass is 697 g/mol. The number of carbonyl (C=O) groups is 2. The molecule has 0 aromatic heterocycles. The summed E-state index contributed by atoms with van der Waals surface area (Å²) in [5.41, 5.74) is 7.77. The highest BCUT2D eigenvalue weighted by atomic mass is 16.7. The van der Waals surface area contributed by atoms with Crippen LogP contribution in [0.2, 0.25) is 0 Å². The number of hydroxylamine groups is 1. The van der Waals surface area contributed by atoms with Crippen LogP contribution in [0.1, 0.15) is 78.4 Å². The molecule has 0 bridgehead atoms. The summed E-state index contributed by atoms with van der Waals surface area (Å²) in [6, 6.07) is 30.4. The molecule has 1 aliphatic heterocycles. The van der Waals surface area contributed by atoms with E-state index in [0.29, 0.717) is 50.9 Å². The number of phenols is 1. The van der Waals surface area contributed by atoms with Crippen molar-refractivity contribution in [3.05, 3.63) is 125 Å². The lowest BCUT2D eigenvalue weighted by molar-refractivity contribution is -0.252. The van der Waals surface area contributed by atoms with Gasteiger partial charge in [0.1, 0.15) is 5.75 Å². The zero-order chi connectivity index (χ0) is 36.2. The third kappa shape index (κ3) is 11.2. The van der Waals surface area contributed by atoms with Gasteiger partial charge in [-0.05, 0) is 77.5 Å². The predicted molar refractivity (Wildman–Crippen MR) is 191 cm³/mol. The van der Waals surface area contributed by atoms with Crippen LogP contribution in [0.5, 0.6) is 5.75 Å². The highest BCUT2D eigenvalue weighted by Crippen LogP contribution is 2.39. The highest BCUT2D eigenvalue weighted by molar-refractivity contribution is 5.76. The number of ether oxygens (including phenoxy) is 2. The molecule has 0 unspecified atom stereocenters. The number of nitrogens with zero attached hydrogens (tertiary/aromatic N) is 1. The molecule has 2 amide bonds. The molecule has 4 aromatic carbocycles. The van der Waals surface area contributed by atoms with Gasteiger partial charge in [-0.3, -0.25) is 14.8 Å². The van der Waals surface area contributed by atoms with Crippen LogP contribution in [-0.4, -0.2) is 63.5 Å². The van der Waals surface area contributed by atoms with E-state index in [1.165, 1.54) is 0 Å². The first-order valence-electron chi connectivity index (χ1n) is 17.3. The van der Waals surface area contributed by atoms with Crippen LogP contribution in [0.25, 0.3) is 11.1 Å². The third-order valence-corrected chi connectivity index (χ3v) is 8.96. The van der Waals surface area contributed by atoms with E-state index in [2.05, 4.69) is 11.4 Å². The van der Waals surface area contributed by atoms with E-state index in [9.17, 15) is 24.9 Å². The Morgan fingerprint density at radius 2 is 1.55 bits per heavy atom. The first-order chi connectivity index (χ1) is 24.7. The zero-order valence-corrected chi connectivity index (χ0v) is 28.8. The second-order valence-electron chi connectivity index (χ2n) is 13.0. The van der Waals surface area contributed by atoms with E-state index in [-0.39, 0.29) is 36.9 Å². The standard InChI is InChI=1S/C40H47N3O8/c1-43(25-36(46)32-10-6-12-34(45)21-32)24-35-22-37(29-17-15-27(26-44)16-18-29)51-40(50-35)33-11-5-9-31(20-33)30-8-4-7-28(19-30)23-41-38(47)13-2-3-14-39(48)42-49/h4-12,15-21,35-37,40,44-46,49H,2-3,13-14,22-26H2,1H3,(H,41,47)(H,42,48)/t35-,36+,37+,40+/m0/s1. The number of hydrogen-bond donors (Lipinski definition) is 6. The smallest absolute Gasteiger partial charge is 0.243 e. The molecule has 4 aromatic rings. The van der Waals surface area contributed by atoms with Crippen molar-refractivity contribution < 1.29 is 39.6 Å². The van der Waals surface area contributed by atoms with Gasteiger partial charge >= 0.3 is 0 Å². The Morgan fingerprint density at radius 1 is 0.843 bits per heavy atom. The number of hydrogen-bond acceptors (Lipinski definition) is 9. The first kappa shape index (κ1) is 37.6. The van der Waals surface area contributed by atoms with E-state index < -0.39 is 18.3 Å². The molecule has 270 valence electrons. The van der Waals surface area contributed by atoms with Crippen LogP contribution in [0, 0.1) is 0 Å². The minimum Gasteiger partial charge on any atom is -0.508 e. The maximum absolute atomic E-state index is 12.4. The number of benzene rings is 4. The number of aliphatic hydroxyl groups is 2. The molecule has 0 spiro atoms. The molecule has 1 saturated heterocycles. The summed E-state index contributed by atoms with van der Waals surface area (Å²) in [7, 11) is 1.93. The SMILES string of the molecule is CN(C[C@@H]1C[C@H](c2ccc(CO)cc2)O[C@H](c2cccc(-c3cccc(CNC(=O)CCCCC(=O)NO)c3)c2)O1)C[C@@H](O)c1cccc(O)c1. The van der Waals surface area contributed by atoms with E-state index in [4.69, 9.17) is 14.7 Å². The van der Waals surface area contributed by atoms with Crippen molar-refractivity contribution in [2.24, 2.45) is 0 Å². The van der Waals surface area contributed by atoms with Gasteiger partial charge in [-0.15, -0.1) is 0 Å². The van der Waals surface area contributed by atoms with Crippen molar-refractivity contribution in [3.63, 3.8) is 0 Å². The molecule has 1 heterocycles. The molecule has 1 fully saturated rings. The summed E-state index contributed by atoms with van der Waals surface area (Å²) in [6.07, 6.45) is 0.166. The fraction of sp³-hybridized carbons (Fsp3) is 0.350. The van der Waals surface area contributed by atoms with Crippen LogP contribution < -0.4 is 10.8 Å². The largest absolute Gasteiger partial charge is 0.508 e. The van der Waals surface area contributed by atoms with Gasteiger partial charge in [0.2, 0.25) is 11.8 Å². The minimum atomic E-state index is -0.785. The summed E-state index contributed by atoms with van der Waals surface area (Å²) in [4.78, 5) is 25.5. The number of aromatic hydroxyl groups is 1. The van der Waals surface area contributed by atoms with Crippen molar-refractivity contribution in [2.45, 2.75) is 69.9 Å². The fourth-order valence-electron chi connectivity index (χ4n) is 6.23. The summed E-state index contributed by atoms with van der Waals surface area (Å²) < 4.78 is 13.2. The van der Waals surface area contributed by atoms with Crippen LogP contribution in [0.3, 0.4) is 0 Å². The van der Waals surface area contributed by atoms with E-state index in [0.717, 1.165) is 33.4 Å². The molecule has 0 saturated carbocycles. The second-order valence-corrected chi connectivity index (χ2v) is 13.0. The molecule has 4 atom stereocenters. The van der Waals surface area contributed by atoms with Crippen molar-refractivity contribution >= 4 is 11.8 Å². The number of carbonyl (C=O) groups excluding carboxylic acids is 2. The van der Waals surface area contributed by atoms with Crippen LogP contribution in [0.15, 0.2) is 97.1 Å². The molecule has 11 heteroatoms. The van der Waals surface area contributed by atoms with Gasteiger partial charge in [-0.2, -0.15) is 0 Å². The maximum atomic E-state index is 12.4. The molecular formula is C40H47N3O8. The summed E-state index contributed by atoms with van der Waals surface area (Å²) >= 11 is 0. The summed E-state index contributed by atoms with van der Waals surface area (Å²) in [5.74, 6) is -0.457. The maximum Gasteiger partial charge on any atom is 0.243 e. The average molecular weight is 698 g/mol. The Morgan fingerprint density at radius 3 is 2.27 bits per heavy atom. The molecule has 5 rings (SSSR count). The average Bonchev–Trinajstić information content (AvgIpc) is 3.15. The Bertz CT molecular complexity index is 1730. The fourth-order valence-corrected chi connectivity index (χ4v) is 6.23. The molecule has 11 nitrogen and oxygen atoms in total. The molecular weight excluding hydrogens is 650 g/mol. The van der Waals surface area contributed by atoms with Gasteiger partial charge in [0, 0.05) is 44.5 Å². The lowest BCUT2D eigenvalue weighted by atomic mass is 9.98. The van der Waals surface area contributed by atoms with Gasteiger partial charge in [-0.25, -0.2) is 5.48 Å². The Kier molecular flexibility index (Phi) is 13.7. The molecule has 0 radical (unpaired) electrons. The van der Waals surface area contributed by atoms with Gasteiger partial charge in [0.25, 0.3) is 0 Å². The van der Waals surface area contributed by atoms with Crippen molar-refractivity contribution in [1.82, 2.24) is 15.7 Å². The number of unbranched alkanes of at least 4 members (excludes halogenated alkanes) is 1. The van der Waals surface area contributed by atoms with Gasteiger partial charge in [0.05, 0.1) is 24.9 Å². The van der Waals surface area contributed by atoms with Crippen molar-refractivity contribution in [3.8, 4) is 16.9 Å². The quantitative estimate of drug-likeness (QED) is 0.0509. The minimum absolute atomic E-state index is 0.0414. The highest BCUT2D eigenvalue weighted by Gasteiger charge is 2.33. The van der Waals surface area contributed by atoms with Gasteiger partial charge in [0.15, 0.2) is 6.29 Å². The number of phenolic OH excluding ortho intramolecular Hbond substituents is 1. The second kappa shape index (κ2) is 18.6. The molecule has 51 heavy (non-hydrogen) atoms. The van der Waals surface area contributed by atoms with Crippen molar-refractivity contribution in [1.29, 1.82) is 0 Å². The van der Waals surface area contributed by atoms with Crippen LogP contribution in [-0.2, 0) is 32.2 Å². The number of nitrogens with one attached hydrogen (secondary N) is 2. The lowest BCUT2D eigenvalue weighted by Gasteiger charge is -2.38. The normalized spacial score (nSPS) is 17.9. The number of amides is 2. The number of rotatable bonds is 16. The Balaban J connectivity index is 1.27. The number of aliphatic hydroxyl groups excluding tert-OH is 2. The topological polar surface area (TPSA) is 161 Å². The molecule has 0 aliphatic carbocycles. The van der Waals surface area contributed by atoms with E-state index >= 15 is 0 Å². The Labute approximate surface area is 298 Å². The number of likely N-dealkylation sites (N-methyl/N-ethyl adjacent to an activating group) is 1. The summed E-state index contributed by atoms with van der Waals surface area (Å²) in [5, 5.41) is 41.8. The van der Waals surface area contributed by atoms with E-state index in [1.807, 2.05) is 78.7 Å². The van der Waals surface area contributed by atoms with E-state index in [1.54, 1.807) is 29.7 Å². The Hall–Kier alpha value is -4.62. The van der Waals surface area contributed by atoms with Crippen molar-refractivity contribution in [2.75, 3.05) is 20.1 Å². The van der Waals surface area contributed by atoms with Gasteiger partial charge in [-0.1, -0.05) is 72.8 Å². The predicted octanol–water partition coefficient (Wildman–Crippen LogP) is 5.44. The third-order valence-electron chi connectivity index (χ3n) is 8.96. The van der Waals surface area contributed by atoms with Crippen LogP contribution in [0.4, 0.5) is 0 Å². The lowest BCUT2D eigenvalue weighted by Crippen LogP contribution is -2.39. The molecule has 1 aliphatic rings. The van der Waals surface area contributed by atoms with Crippen LogP contribution >= 0.6 is 0 Å². The van der Waals surface area contributed by atoms with Gasteiger partial charge < -0.3 is 35.0 Å². The first-order valence-corrected chi connectivity index (χ1v) is 17.3. The zero-order valence-electron chi connectivity index (χ0n) is 28.8. The summed E-state index contributed by atoms with van der Waals surface area (Å²) in [6.45, 7) is 1.21. The molecule has 6 N–H and O–H groups in total.